The number of aromatic nitrogens is 1. The number of esters is 1. The second-order valence-corrected chi connectivity index (χ2v) is 2.39. The van der Waals surface area contributed by atoms with E-state index in [9.17, 15) is 9.90 Å². The summed E-state index contributed by atoms with van der Waals surface area (Å²) in [7, 11) is 0. The zero-order valence-electron chi connectivity index (χ0n) is 7.05. The Bertz CT molecular complexity index is 271. The third-order valence-corrected chi connectivity index (χ3v) is 1.54. The second kappa shape index (κ2) is 3.30. The van der Waals surface area contributed by atoms with Gasteiger partial charge in [-0.2, -0.15) is 0 Å². The molecular weight excluding hydrogens is 158 g/mol. The van der Waals surface area contributed by atoms with Gasteiger partial charge in [0, 0.05) is 11.9 Å². The SMILES string of the molecule is CCOC(=O)c1c(O)c[nH]c1C. The van der Waals surface area contributed by atoms with E-state index in [-0.39, 0.29) is 11.3 Å². The van der Waals surface area contributed by atoms with Crippen molar-refractivity contribution in [2.45, 2.75) is 13.8 Å². The summed E-state index contributed by atoms with van der Waals surface area (Å²) in [6.07, 6.45) is 1.36. The maximum atomic E-state index is 11.1. The molecule has 66 valence electrons. The number of aromatic amines is 1. The predicted molar refractivity (Wildman–Crippen MR) is 43.2 cm³/mol. The standard InChI is InChI=1S/C8H11NO3/c1-3-12-8(11)7-5(2)9-4-6(7)10/h4,9-10H,3H2,1-2H3. The molecule has 0 saturated carbocycles. The van der Waals surface area contributed by atoms with Crippen LogP contribution in [0.15, 0.2) is 6.20 Å². The first kappa shape index (κ1) is 8.64. The Labute approximate surface area is 70.2 Å². The van der Waals surface area contributed by atoms with Gasteiger partial charge in [-0.1, -0.05) is 0 Å². The number of aryl methyl sites for hydroxylation is 1. The molecule has 1 aromatic heterocycles. The highest BCUT2D eigenvalue weighted by Gasteiger charge is 2.16. The summed E-state index contributed by atoms with van der Waals surface area (Å²) in [6, 6.07) is 0. The molecule has 0 amide bonds. The molecule has 1 heterocycles. The fourth-order valence-corrected chi connectivity index (χ4v) is 0.974. The quantitative estimate of drug-likeness (QED) is 0.654. The Morgan fingerprint density at radius 1 is 1.75 bits per heavy atom. The molecule has 0 aliphatic rings. The van der Waals surface area contributed by atoms with Gasteiger partial charge >= 0.3 is 5.97 Å². The fourth-order valence-electron chi connectivity index (χ4n) is 0.974. The first-order valence-electron chi connectivity index (χ1n) is 3.70. The van der Waals surface area contributed by atoms with Crippen LogP contribution in [-0.4, -0.2) is 22.7 Å². The summed E-state index contributed by atoms with van der Waals surface area (Å²) >= 11 is 0. The maximum Gasteiger partial charge on any atom is 0.343 e. The number of ether oxygens (including phenoxy) is 1. The number of hydrogen-bond acceptors (Lipinski definition) is 3. The molecule has 0 unspecified atom stereocenters. The van der Waals surface area contributed by atoms with E-state index < -0.39 is 5.97 Å². The predicted octanol–water partition coefficient (Wildman–Crippen LogP) is 1.21. The summed E-state index contributed by atoms with van der Waals surface area (Å²) in [6.45, 7) is 3.73. The van der Waals surface area contributed by atoms with E-state index in [4.69, 9.17) is 4.74 Å². The van der Waals surface area contributed by atoms with Crippen molar-refractivity contribution >= 4 is 5.97 Å². The van der Waals surface area contributed by atoms with E-state index in [1.54, 1.807) is 13.8 Å². The number of carbonyl (C=O) groups is 1. The summed E-state index contributed by atoms with van der Waals surface area (Å²) in [5.41, 5.74) is 0.836. The van der Waals surface area contributed by atoms with Crippen LogP contribution in [0.3, 0.4) is 0 Å². The largest absolute Gasteiger partial charge is 0.505 e. The zero-order chi connectivity index (χ0) is 9.14. The highest BCUT2D eigenvalue weighted by molar-refractivity contribution is 5.93. The van der Waals surface area contributed by atoms with Gasteiger partial charge in [0.15, 0.2) is 0 Å². The van der Waals surface area contributed by atoms with Crippen molar-refractivity contribution in [2.24, 2.45) is 0 Å². The van der Waals surface area contributed by atoms with Crippen LogP contribution in [0.1, 0.15) is 23.0 Å². The van der Waals surface area contributed by atoms with Crippen molar-refractivity contribution in [1.82, 2.24) is 4.98 Å². The van der Waals surface area contributed by atoms with Crippen LogP contribution in [-0.2, 0) is 4.74 Å². The topological polar surface area (TPSA) is 62.3 Å². The van der Waals surface area contributed by atoms with Gasteiger partial charge in [-0.05, 0) is 13.8 Å². The van der Waals surface area contributed by atoms with E-state index in [1.807, 2.05) is 0 Å². The smallest absolute Gasteiger partial charge is 0.343 e. The molecule has 0 radical (unpaired) electrons. The number of hydrogen-bond donors (Lipinski definition) is 2. The molecular formula is C8H11NO3. The monoisotopic (exact) mass is 169 g/mol. The molecule has 0 spiro atoms. The van der Waals surface area contributed by atoms with Crippen LogP contribution in [0.2, 0.25) is 0 Å². The lowest BCUT2D eigenvalue weighted by atomic mass is 10.2. The van der Waals surface area contributed by atoms with Crippen molar-refractivity contribution < 1.29 is 14.6 Å². The Morgan fingerprint density at radius 3 is 2.83 bits per heavy atom. The number of carbonyl (C=O) groups excluding carboxylic acids is 1. The molecule has 0 aliphatic carbocycles. The van der Waals surface area contributed by atoms with E-state index in [2.05, 4.69) is 4.98 Å². The molecule has 0 atom stereocenters. The first-order valence-corrected chi connectivity index (χ1v) is 3.70. The second-order valence-electron chi connectivity index (χ2n) is 2.39. The van der Waals surface area contributed by atoms with Gasteiger partial charge in [0.2, 0.25) is 0 Å². The van der Waals surface area contributed by atoms with Crippen molar-refractivity contribution in [3.05, 3.63) is 17.5 Å². The van der Waals surface area contributed by atoms with Crippen molar-refractivity contribution in [3.8, 4) is 5.75 Å². The maximum absolute atomic E-state index is 11.1. The highest BCUT2D eigenvalue weighted by atomic mass is 16.5. The third-order valence-electron chi connectivity index (χ3n) is 1.54. The lowest BCUT2D eigenvalue weighted by molar-refractivity contribution is 0.0522. The van der Waals surface area contributed by atoms with Crippen LogP contribution in [0.5, 0.6) is 5.75 Å². The van der Waals surface area contributed by atoms with Crippen LogP contribution in [0.25, 0.3) is 0 Å². The zero-order valence-corrected chi connectivity index (χ0v) is 7.05. The van der Waals surface area contributed by atoms with Crippen LogP contribution in [0, 0.1) is 6.92 Å². The lowest BCUT2D eigenvalue weighted by Crippen LogP contribution is -2.05. The summed E-state index contributed by atoms with van der Waals surface area (Å²) in [5, 5.41) is 9.20. The van der Waals surface area contributed by atoms with Crippen LogP contribution < -0.4 is 0 Å². The van der Waals surface area contributed by atoms with E-state index in [0.29, 0.717) is 12.3 Å². The number of aromatic hydroxyl groups is 1. The normalized spacial score (nSPS) is 9.83. The van der Waals surface area contributed by atoms with Crippen LogP contribution in [0.4, 0.5) is 0 Å². The molecule has 4 nitrogen and oxygen atoms in total. The van der Waals surface area contributed by atoms with Gasteiger partial charge in [0.25, 0.3) is 0 Å². The highest BCUT2D eigenvalue weighted by Crippen LogP contribution is 2.20. The van der Waals surface area contributed by atoms with Gasteiger partial charge in [-0.25, -0.2) is 4.79 Å². The van der Waals surface area contributed by atoms with E-state index in [1.165, 1.54) is 6.20 Å². The molecule has 12 heavy (non-hydrogen) atoms. The minimum absolute atomic E-state index is 0.0639. The Hall–Kier alpha value is -1.45. The number of nitrogens with one attached hydrogen (secondary N) is 1. The van der Waals surface area contributed by atoms with Crippen molar-refractivity contribution in [1.29, 1.82) is 0 Å². The van der Waals surface area contributed by atoms with Gasteiger partial charge in [0.1, 0.15) is 11.3 Å². The summed E-state index contributed by atoms with van der Waals surface area (Å²) < 4.78 is 4.73. The average molecular weight is 169 g/mol. The van der Waals surface area contributed by atoms with Crippen molar-refractivity contribution in [3.63, 3.8) is 0 Å². The molecule has 4 heteroatoms. The Morgan fingerprint density at radius 2 is 2.42 bits per heavy atom. The Kier molecular flexibility index (Phi) is 2.38. The number of H-pyrrole nitrogens is 1. The van der Waals surface area contributed by atoms with E-state index >= 15 is 0 Å². The molecule has 0 bridgehead atoms. The minimum Gasteiger partial charge on any atom is -0.505 e. The molecule has 1 rings (SSSR count). The first-order chi connectivity index (χ1) is 5.66. The van der Waals surface area contributed by atoms with Gasteiger partial charge < -0.3 is 14.8 Å². The molecule has 1 aromatic rings. The summed E-state index contributed by atoms with van der Waals surface area (Å²) in [5.74, 6) is -0.556. The van der Waals surface area contributed by atoms with Gasteiger partial charge in [-0.15, -0.1) is 0 Å². The molecule has 0 aliphatic heterocycles. The molecule has 2 N–H and O–H groups in total. The minimum atomic E-state index is -0.492. The average Bonchev–Trinajstić information content (AvgIpc) is 2.32. The Balaban J connectivity index is 2.93. The van der Waals surface area contributed by atoms with Crippen LogP contribution >= 0.6 is 0 Å². The molecule has 0 fully saturated rings. The lowest BCUT2D eigenvalue weighted by Gasteiger charge is -2.00. The van der Waals surface area contributed by atoms with E-state index in [0.717, 1.165) is 0 Å². The van der Waals surface area contributed by atoms with Gasteiger partial charge in [0.05, 0.1) is 6.61 Å². The third kappa shape index (κ3) is 1.42. The molecule has 0 saturated heterocycles. The van der Waals surface area contributed by atoms with Crippen molar-refractivity contribution in [2.75, 3.05) is 6.61 Å². The van der Waals surface area contributed by atoms with Gasteiger partial charge in [-0.3, -0.25) is 0 Å². The fraction of sp³-hybridized carbons (Fsp3) is 0.375. The molecule has 0 aromatic carbocycles. The number of rotatable bonds is 2. The summed E-state index contributed by atoms with van der Waals surface area (Å²) in [4.78, 5) is 13.9.